The van der Waals surface area contributed by atoms with Gasteiger partial charge in [0.1, 0.15) is 0 Å². The lowest BCUT2D eigenvalue weighted by Crippen LogP contribution is -2.39. The van der Waals surface area contributed by atoms with Gasteiger partial charge in [0.25, 0.3) is 0 Å². The Morgan fingerprint density at radius 2 is 1.87 bits per heavy atom. The Labute approximate surface area is 93.8 Å². The van der Waals surface area contributed by atoms with Crippen LogP contribution in [0.1, 0.15) is 41.0 Å². The molecule has 0 spiro atoms. The Morgan fingerprint density at radius 3 is 2.20 bits per heavy atom. The molecule has 0 fully saturated rings. The zero-order chi connectivity index (χ0) is 12.1. The summed E-state index contributed by atoms with van der Waals surface area (Å²) < 4.78 is 0. The summed E-state index contributed by atoms with van der Waals surface area (Å²) in [6.45, 7) is 11.7. The molecular weight excluding hydrogens is 188 g/mol. The third kappa shape index (κ3) is 6.50. The first kappa shape index (κ1) is 14.4. The van der Waals surface area contributed by atoms with Crippen LogP contribution in [0.15, 0.2) is 0 Å². The van der Waals surface area contributed by atoms with E-state index in [0.29, 0.717) is 12.5 Å². The maximum absolute atomic E-state index is 11.7. The van der Waals surface area contributed by atoms with Crippen molar-refractivity contribution >= 4 is 5.91 Å². The van der Waals surface area contributed by atoms with Crippen LogP contribution in [-0.2, 0) is 4.79 Å². The number of rotatable bonds is 5. The van der Waals surface area contributed by atoms with Gasteiger partial charge in [-0.15, -0.1) is 0 Å². The number of carbonyl (C=O) groups excluding carboxylic acids is 1. The summed E-state index contributed by atoms with van der Waals surface area (Å²) in [6.07, 6.45) is 0.994. The second-order valence-corrected chi connectivity index (χ2v) is 5.69. The minimum atomic E-state index is -0.0510. The molecule has 90 valence electrons. The van der Waals surface area contributed by atoms with Crippen molar-refractivity contribution in [3.05, 3.63) is 0 Å². The highest BCUT2D eigenvalue weighted by Crippen LogP contribution is 2.17. The molecule has 0 rings (SSSR count). The Balaban J connectivity index is 3.92. The Kier molecular flexibility index (Phi) is 5.88. The summed E-state index contributed by atoms with van der Waals surface area (Å²) >= 11 is 0. The van der Waals surface area contributed by atoms with Crippen LogP contribution in [-0.4, -0.2) is 19.0 Å². The van der Waals surface area contributed by atoms with Crippen molar-refractivity contribution in [2.45, 2.75) is 41.0 Å². The first-order chi connectivity index (χ1) is 6.78. The van der Waals surface area contributed by atoms with Gasteiger partial charge >= 0.3 is 0 Å². The highest BCUT2D eigenvalue weighted by Gasteiger charge is 2.20. The first-order valence-corrected chi connectivity index (χ1v) is 5.75. The van der Waals surface area contributed by atoms with Crippen molar-refractivity contribution in [3.63, 3.8) is 0 Å². The predicted octanol–water partition coefficient (Wildman–Crippen LogP) is 1.77. The van der Waals surface area contributed by atoms with Gasteiger partial charge in [0.15, 0.2) is 0 Å². The molecule has 15 heavy (non-hydrogen) atoms. The second kappa shape index (κ2) is 6.11. The van der Waals surface area contributed by atoms with Gasteiger partial charge in [-0.2, -0.15) is 0 Å². The molecule has 0 heterocycles. The highest BCUT2D eigenvalue weighted by atomic mass is 16.1. The molecule has 0 aromatic carbocycles. The van der Waals surface area contributed by atoms with Crippen LogP contribution in [0.4, 0.5) is 0 Å². The molecule has 3 N–H and O–H groups in total. The van der Waals surface area contributed by atoms with E-state index in [9.17, 15) is 4.79 Å². The molecule has 0 saturated carbocycles. The molecule has 3 nitrogen and oxygen atoms in total. The SMILES string of the molecule is CC(C)C(CN)C(=O)NCCC(C)(C)C. The monoisotopic (exact) mass is 214 g/mol. The number of hydrogen-bond donors (Lipinski definition) is 2. The van der Waals surface area contributed by atoms with Gasteiger partial charge in [-0.25, -0.2) is 0 Å². The van der Waals surface area contributed by atoms with Gasteiger partial charge in [0.2, 0.25) is 5.91 Å². The fourth-order valence-corrected chi connectivity index (χ4v) is 1.37. The van der Waals surface area contributed by atoms with E-state index in [-0.39, 0.29) is 17.2 Å². The lowest BCUT2D eigenvalue weighted by molar-refractivity contribution is -0.126. The summed E-state index contributed by atoms with van der Waals surface area (Å²) in [5.74, 6) is 0.353. The number of nitrogens with one attached hydrogen (secondary N) is 1. The summed E-state index contributed by atoms with van der Waals surface area (Å²) in [4.78, 5) is 11.7. The second-order valence-electron chi connectivity index (χ2n) is 5.69. The number of nitrogens with two attached hydrogens (primary N) is 1. The summed E-state index contributed by atoms with van der Waals surface area (Å²) in [7, 11) is 0. The molecular formula is C12H26N2O. The van der Waals surface area contributed by atoms with Gasteiger partial charge in [0.05, 0.1) is 5.92 Å². The average molecular weight is 214 g/mol. The Hall–Kier alpha value is -0.570. The number of carbonyl (C=O) groups is 1. The average Bonchev–Trinajstić information content (AvgIpc) is 2.01. The van der Waals surface area contributed by atoms with Gasteiger partial charge in [-0.1, -0.05) is 34.6 Å². The van der Waals surface area contributed by atoms with Crippen molar-refractivity contribution in [2.75, 3.05) is 13.1 Å². The van der Waals surface area contributed by atoms with Gasteiger partial charge in [-0.05, 0) is 17.8 Å². The molecule has 0 aliphatic carbocycles. The van der Waals surface area contributed by atoms with Crippen LogP contribution in [0, 0.1) is 17.3 Å². The molecule has 0 aliphatic rings. The maximum Gasteiger partial charge on any atom is 0.224 e. The van der Waals surface area contributed by atoms with Crippen molar-refractivity contribution in [3.8, 4) is 0 Å². The van der Waals surface area contributed by atoms with E-state index >= 15 is 0 Å². The Morgan fingerprint density at radius 1 is 1.33 bits per heavy atom. The molecule has 1 atom stereocenters. The minimum absolute atomic E-state index is 0.0510. The zero-order valence-corrected chi connectivity index (χ0v) is 10.8. The molecule has 0 aromatic heterocycles. The maximum atomic E-state index is 11.7. The van der Waals surface area contributed by atoms with Crippen molar-refractivity contribution in [2.24, 2.45) is 23.0 Å². The highest BCUT2D eigenvalue weighted by molar-refractivity contribution is 5.79. The van der Waals surface area contributed by atoms with Crippen LogP contribution in [0.2, 0.25) is 0 Å². The molecule has 0 aliphatic heterocycles. The molecule has 0 saturated heterocycles. The fourth-order valence-electron chi connectivity index (χ4n) is 1.37. The van der Waals surface area contributed by atoms with Crippen LogP contribution >= 0.6 is 0 Å². The standard InChI is InChI=1S/C12H26N2O/c1-9(2)10(8-13)11(15)14-7-6-12(3,4)5/h9-10H,6-8,13H2,1-5H3,(H,14,15). The largest absolute Gasteiger partial charge is 0.356 e. The van der Waals surface area contributed by atoms with Gasteiger partial charge < -0.3 is 11.1 Å². The van der Waals surface area contributed by atoms with E-state index in [1.165, 1.54) is 0 Å². The lowest BCUT2D eigenvalue weighted by Gasteiger charge is -2.21. The van der Waals surface area contributed by atoms with Crippen molar-refractivity contribution in [1.29, 1.82) is 0 Å². The summed E-state index contributed by atoms with van der Waals surface area (Å²) in [6, 6.07) is 0. The number of hydrogen-bond acceptors (Lipinski definition) is 2. The predicted molar refractivity (Wildman–Crippen MR) is 64.5 cm³/mol. The third-order valence-corrected chi connectivity index (χ3v) is 2.57. The van der Waals surface area contributed by atoms with E-state index in [1.54, 1.807) is 0 Å². The van der Waals surface area contributed by atoms with Crippen LogP contribution < -0.4 is 11.1 Å². The van der Waals surface area contributed by atoms with Gasteiger partial charge in [-0.3, -0.25) is 4.79 Å². The molecule has 0 radical (unpaired) electrons. The zero-order valence-electron chi connectivity index (χ0n) is 10.8. The van der Waals surface area contributed by atoms with Crippen molar-refractivity contribution in [1.82, 2.24) is 5.32 Å². The van der Waals surface area contributed by atoms with Crippen LogP contribution in [0.25, 0.3) is 0 Å². The van der Waals surface area contributed by atoms with E-state index in [0.717, 1.165) is 13.0 Å². The van der Waals surface area contributed by atoms with E-state index < -0.39 is 0 Å². The number of amides is 1. The van der Waals surface area contributed by atoms with Crippen LogP contribution in [0.5, 0.6) is 0 Å². The summed E-state index contributed by atoms with van der Waals surface area (Å²) in [5, 5.41) is 2.95. The smallest absolute Gasteiger partial charge is 0.224 e. The minimum Gasteiger partial charge on any atom is -0.356 e. The lowest BCUT2D eigenvalue weighted by atomic mass is 9.91. The molecule has 3 heteroatoms. The van der Waals surface area contributed by atoms with E-state index in [4.69, 9.17) is 5.73 Å². The van der Waals surface area contributed by atoms with Crippen molar-refractivity contribution < 1.29 is 4.79 Å². The Bertz CT molecular complexity index is 194. The van der Waals surface area contributed by atoms with Gasteiger partial charge in [0, 0.05) is 13.1 Å². The molecule has 1 unspecified atom stereocenters. The first-order valence-electron chi connectivity index (χ1n) is 5.75. The molecule has 1 amide bonds. The van der Waals surface area contributed by atoms with E-state index in [2.05, 4.69) is 26.1 Å². The normalized spacial score (nSPS) is 14.1. The summed E-state index contributed by atoms with van der Waals surface area (Å²) in [5.41, 5.74) is 5.84. The quantitative estimate of drug-likeness (QED) is 0.733. The molecule has 0 aromatic rings. The van der Waals surface area contributed by atoms with E-state index in [1.807, 2.05) is 13.8 Å². The molecule has 0 bridgehead atoms. The fraction of sp³-hybridized carbons (Fsp3) is 0.917. The third-order valence-electron chi connectivity index (χ3n) is 2.57. The van der Waals surface area contributed by atoms with Crippen LogP contribution in [0.3, 0.4) is 0 Å². The topological polar surface area (TPSA) is 55.1 Å².